The third-order valence-corrected chi connectivity index (χ3v) is 5.58. The van der Waals surface area contributed by atoms with Gasteiger partial charge >= 0.3 is 0 Å². The lowest BCUT2D eigenvalue weighted by atomic mass is 9.97. The lowest BCUT2D eigenvalue weighted by Gasteiger charge is -2.31. The van der Waals surface area contributed by atoms with Gasteiger partial charge in [-0.3, -0.25) is 9.69 Å². The van der Waals surface area contributed by atoms with Gasteiger partial charge in [0.25, 0.3) is 0 Å². The maximum atomic E-state index is 12.0. The molecule has 1 aromatic heterocycles. The molecule has 1 aliphatic rings. The Bertz CT molecular complexity index is 828. The molecule has 0 aliphatic carbocycles. The average Bonchev–Trinajstić information content (AvgIpc) is 3.03. The summed E-state index contributed by atoms with van der Waals surface area (Å²) in [6.07, 6.45) is 1.97. The van der Waals surface area contributed by atoms with Crippen molar-refractivity contribution in [3.8, 4) is 17.2 Å². The van der Waals surface area contributed by atoms with Gasteiger partial charge in [0.1, 0.15) is 11.5 Å². The van der Waals surface area contributed by atoms with Gasteiger partial charge in [0.05, 0.1) is 18.7 Å². The summed E-state index contributed by atoms with van der Waals surface area (Å²) in [6.45, 7) is 8.51. The Labute approximate surface area is 160 Å². The highest BCUT2D eigenvalue weighted by Gasteiger charge is 2.26. The van der Waals surface area contributed by atoms with E-state index in [2.05, 4.69) is 17.1 Å². The van der Waals surface area contributed by atoms with Crippen molar-refractivity contribution in [2.24, 2.45) is 5.92 Å². The number of hydrogen-bond donors (Lipinski definition) is 1. The van der Waals surface area contributed by atoms with Crippen LogP contribution in [0.3, 0.4) is 0 Å². The van der Waals surface area contributed by atoms with Crippen molar-refractivity contribution in [1.82, 2.24) is 15.2 Å². The lowest BCUT2D eigenvalue weighted by molar-refractivity contribution is -0.126. The molecule has 1 amide bonds. The van der Waals surface area contributed by atoms with Crippen molar-refractivity contribution in [2.75, 3.05) is 27.2 Å². The Morgan fingerprint density at radius 1 is 1.33 bits per heavy atom. The van der Waals surface area contributed by atoms with E-state index in [1.54, 1.807) is 14.2 Å². The number of benzene rings is 1. The Hall–Kier alpha value is -2.34. The van der Waals surface area contributed by atoms with E-state index in [-0.39, 0.29) is 11.8 Å². The van der Waals surface area contributed by atoms with E-state index in [1.807, 2.05) is 26.0 Å². The number of nitrogens with zero attached hydrogens (tertiary/aromatic N) is 2. The number of carbonyl (C=O) groups excluding carboxylic acids is 1. The van der Waals surface area contributed by atoms with E-state index < -0.39 is 0 Å². The van der Waals surface area contributed by atoms with E-state index in [1.165, 1.54) is 0 Å². The van der Waals surface area contributed by atoms with Crippen molar-refractivity contribution in [2.45, 2.75) is 40.2 Å². The quantitative estimate of drug-likeness (QED) is 0.874. The summed E-state index contributed by atoms with van der Waals surface area (Å²) in [4.78, 5) is 19.0. The zero-order valence-corrected chi connectivity index (χ0v) is 16.9. The van der Waals surface area contributed by atoms with Gasteiger partial charge in [0.2, 0.25) is 11.8 Å². The van der Waals surface area contributed by atoms with Crippen molar-refractivity contribution < 1.29 is 13.9 Å². The topological polar surface area (TPSA) is 67.6 Å². The predicted molar refractivity (Wildman–Crippen MR) is 105 cm³/mol. The summed E-state index contributed by atoms with van der Waals surface area (Å²) in [5.41, 5.74) is 4.14. The van der Waals surface area contributed by atoms with Crippen LogP contribution < -0.4 is 10.1 Å². The largest absolute Gasteiger partial charge is 0.496 e. The van der Waals surface area contributed by atoms with Gasteiger partial charge in [-0.1, -0.05) is 0 Å². The van der Waals surface area contributed by atoms with E-state index >= 15 is 0 Å². The molecule has 1 aromatic carbocycles. The molecule has 1 atom stereocenters. The second-order valence-corrected chi connectivity index (χ2v) is 7.28. The number of ether oxygens (including phenoxy) is 1. The summed E-state index contributed by atoms with van der Waals surface area (Å²) in [7, 11) is 3.38. The van der Waals surface area contributed by atoms with Gasteiger partial charge in [-0.25, -0.2) is 4.98 Å². The molecule has 1 saturated heterocycles. The molecule has 6 heteroatoms. The first-order valence-corrected chi connectivity index (χ1v) is 9.49. The molecule has 3 rings (SSSR count). The maximum Gasteiger partial charge on any atom is 0.226 e. The van der Waals surface area contributed by atoms with Gasteiger partial charge in [-0.2, -0.15) is 0 Å². The van der Waals surface area contributed by atoms with Crippen molar-refractivity contribution in [1.29, 1.82) is 0 Å². The van der Waals surface area contributed by atoms with Crippen LogP contribution in [0.25, 0.3) is 11.5 Å². The van der Waals surface area contributed by atoms with Crippen LogP contribution in [0.2, 0.25) is 0 Å². The van der Waals surface area contributed by atoms with Crippen molar-refractivity contribution in [3.63, 3.8) is 0 Å². The summed E-state index contributed by atoms with van der Waals surface area (Å²) in [6, 6.07) is 3.95. The van der Waals surface area contributed by atoms with Gasteiger partial charge < -0.3 is 14.5 Å². The zero-order chi connectivity index (χ0) is 19.6. The standard InChI is InChI=1S/C21H29N3O3/c1-13-14(2)19(26-5)9-8-17(13)21-23-18(15(3)27-21)12-24-10-6-7-16(11-24)20(25)22-4/h8-9,16H,6-7,10-12H2,1-5H3,(H,22,25). The molecule has 1 unspecified atom stereocenters. The molecule has 27 heavy (non-hydrogen) atoms. The number of nitrogens with one attached hydrogen (secondary N) is 1. The highest BCUT2D eigenvalue weighted by atomic mass is 16.5. The first-order chi connectivity index (χ1) is 12.9. The predicted octanol–water partition coefficient (Wildman–Crippen LogP) is 3.23. The molecule has 1 fully saturated rings. The number of rotatable bonds is 5. The van der Waals surface area contributed by atoms with Crippen LogP contribution in [0.15, 0.2) is 16.5 Å². The van der Waals surface area contributed by atoms with Crippen LogP contribution in [0, 0.1) is 26.7 Å². The molecule has 2 heterocycles. The number of amides is 1. The fraction of sp³-hybridized carbons (Fsp3) is 0.524. The minimum Gasteiger partial charge on any atom is -0.496 e. The van der Waals surface area contributed by atoms with Crippen LogP contribution in [-0.4, -0.2) is 43.0 Å². The average molecular weight is 371 g/mol. The molecule has 0 saturated carbocycles. The normalized spacial score (nSPS) is 17.7. The molecule has 0 radical (unpaired) electrons. The number of carbonyl (C=O) groups is 1. The number of hydrogen-bond acceptors (Lipinski definition) is 5. The first-order valence-electron chi connectivity index (χ1n) is 9.49. The highest BCUT2D eigenvalue weighted by molar-refractivity contribution is 5.78. The highest BCUT2D eigenvalue weighted by Crippen LogP contribution is 2.32. The van der Waals surface area contributed by atoms with E-state index in [0.29, 0.717) is 12.4 Å². The van der Waals surface area contributed by atoms with E-state index in [9.17, 15) is 4.79 Å². The van der Waals surface area contributed by atoms with Crippen LogP contribution in [0.4, 0.5) is 0 Å². The third kappa shape index (κ3) is 4.00. The Kier molecular flexibility index (Phi) is 5.85. The fourth-order valence-corrected chi connectivity index (χ4v) is 3.77. The number of piperidine rings is 1. The molecule has 0 spiro atoms. The van der Waals surface area contributed by atoms with E-state index in [0.717, 1.165) is 59.8 Å². The molecule has 146 valence electrons. The number of oxazole rings is 1. The minimum atomic E-state index is 0.0573. The second kappa shape index (κ2) is 8.13. The van der Waals surface area contributed by atoms with Crippen LogP contribution >= 0.6 is 0 Å². The van der Waals surface area contributed by atoms with Crippen LogP contribution in [-0.2, 0) is 11.3 Å². The second-order valence-electron chi connectivity index (χ2n) is 7.28. The molecule has 1 N–H and O–H groups in total. The summed E-state index contributed by atoms with van der Waals surface area (Å²) in [5, 5.41) is 2.77. The molecule has 0 bridgehead atoms. The number of aryl methyl sites for hydroxylation is 1. The van der Waals surface area contributed by atoms with Crippen LogP contribution in [0.5, 0.6) is 5.75 Å². The molecule has 6 nitrogen and oxygen atoms in total. The van der Waals surface area contributed by atoms with E-state index in [4.69, 9.17) is 14.1 Å². The van der Waals surface area contributed by atoms with Gasteiger partial charge in [0, 0.05) is 25.7 Å². The maximum absolute atomic E-state index is 12.0. The Morgan fingerprint density at radius 2 is 2.11 bits per heavy atom. The minimum absolute atomic E-state index is 0.0573. The monoisotopic (exact) mass is 371 g/mol. The van der Waals surface area contributed by atoms with Gasteiger partial charge in [-0.05, 0) is 63.4 Å². The number of likely N-dealkylation sites (tertiary alicyclic amines) is 1. The first kappa shape index (κ1) is 19.4. The van der Waals surface area contributed by atoms with Gasteiger partial charge in [0.15, 0.2) is 0 Å². The molecule has 1 aliphatic heterocycles. The van der Waals surface area contributed by atoms with Gasteiger partial charge in [-0.15, -0.1) is 0 Å². The number of aromatic nitrogens is 1. The molecular formula is C21H29N3O3. The summed E-state index contributed by atoms with van der Waals surface area (Å²) < 4.78 is 11.4. The molecular weight excluding hydrogens is 342 g/mol. The van der Waals surface area contributed by atoms with Crippen molar-refractivity contribution >= 4 is 5.91 Å². The Balaban J connectivity index is 1.79. The fourth-order valence-electron chi connectivity index (χ4n) is 3.77. The molecule has 2 aromatic rings. The lowest BCUT2D eigenvalue weighted by Crippen LogP contribution is -2.41. The number of methoxy groups -OCH3 is 1. The SMILES string of the molecule is CNC(=O)C1CCCN(Cc2nc(-c3ccc(OC)c(C)c3C)oc2C)C1. The zero-order valence-electron chi connectivity index (χ0n) is 16.9. The third-order valence-electron chi connectivity index (χ3n) is 5.58. The smallest absolute Gasteiger partial charge is 0.226 e. The Morgan fingerprint density at radius 3 is 2.81 bits per heavy atom. The van der Waals surface area contributed by atoms with Crippen LogP contribution in [0.1, 0.15) is 35.4 Å². The van der Waals surface area contributed by atoms with Crippen molar-refractivity contribution in [3.05, 3.63) is 34.7 Å². The summed E-state index contributed by atoms with van der Waals surface area (Å²) >= 11 is 0. The summed E-state index contributed by atoms with van der Waals surface area (Å²) in [5.74, 6) is 2.53.